The van der Waals surface area contributed by atoms with Crippen LogP contribution >= 0.6 is 0 Å². The standard InChI is InChI=1S/C16H18N5O3/c1-3-17-16(23)21-8-12-13(9-21)19-20-14(12)18-15(22)10-4-6-11(24-2)7-5-10/h4-7H,3,8-9H2,1-2H3,(H,17,23)(H,19,20). The Morgan fingerprint density at radius 1 is 1.33 bits per heavy atom. The van der Waals surface area contributed by atoms with Crippen molar-refractivity contribution in [3.63, 3.8) is 0 Å². The number of hydrogen-bond donors (Lipinski definition) is 2. The number of aromatic amines is 1. The van der Waals surface area contributed by atoms with Crippen molar-refractivity contribution in [2.75, 3.05) is 13.7 Å². The molecule has 8 nitrogen and oxygen atoms in total. The van der Waals surface area contributed by atoms with Gasteiger partial charge in [0.2, 0.25) is 0 Å². The summed E-state index contributed by atoms with van der Waals surface area (Å²) < 4.78 is 5.07. The quantitative estimate of drug-likeness (QED) is 0.889. The van der Waals surface area contributed by atoms with Crippen molar-refractivity contribution in [1.82, 2.24) is 25.7 Å². The number of carbonyl (C=O) groups excluding carboxylic acids is 2. The first kappa shape index (κ1) is 15.9. The van der Waals surface area contributed by atoms with Crippen molar-refractivity contribution >= 4 is 17.8 Å². The van der Waals surface area contributed by atoms with E-state index in [4.69, 9.17) is 4.74 Å². The molecule has 8 heteroatoms. The maximum atomic E-state index is 12.3. The second kappa shape index (κ2) is 6.61. The number of hydrogen-bond acceptors (Lipinski definition) is 4. The molecule has 2 heterocycles. The van der Waals surface area contributed by atoms with Crippen LogP contribution in [0.1, 0.15) is 28.5 Å². The molecule has 2 aromatic rings. The smallest absolute Gasteiger partial charge is 0.318 e. The van der Waals surface area contributed by atoms with Gasteiger partial charge in [0, 0.05) is 17.7 Å². The van der Waals surface area contributed by atoms with E-state index >= 15 is 0 Å². The van der Waals surface area contributed by atoms with Gasteiger partial charge in [0.1, 0.15) is 5.75 Å². The summed E-state index contributed by atoms with van der Waals surface area (Å²) in [5, 5.41) is 13.8. The maximum absolute atomic E-state index is 12.3. The van der Waals surface area contributed by atoms with Crippen LogP contribution in [0, 0.1) is 0 Å². The van der Waals surface area contributed by atoms with E-state index < -0.39 is 0 Å². The number of amides is 3. The van der Waals surface area contributed by atoms with E-state index in [0.717, 1.165) is 11.3 Å². The number of ether oxygens (including phenoxy) is 1. The molecular weight excluding hydrogens is 310 g/mol. The average molecular weight is 328 g/mol. The number of aromatic nitrogens is 2. The molecule has 2 N–H and O–H groups in total. The monoisotopic (exact) mass is 328 g/mol. The predicted octanol–water partition coefficient (Wildman–Crippen LogP) is 1.54. The van der Waals surface area contributed by atoms with E-state index in [1.54, 1.807) is 36.3 Å². The second-order valence-corrected chi connectivity index (χ2v) is 5.34. The van der Waals surface area contributed by atoms with Crippen molar-refractivity contribution in [3.8, 4) is 5.75 Å². The van der Waals surface area contributed by atoms with Crippen LogP contribution in [0.3, 0.4) is 0 Å². The summed E-state index contributed by atoms with van der Waals surface area (Å²) in [6, 6.07) is 6.56. The Morgan fingerprint density at radius 2 is 2.08 bits per heavy atom. The molecule has 1 radical (unpaired) electrons. The van der Waals surface area contributed by atoms with E-state index in [2.05, 4.69) is 20.8 Å². The van der Waals surface area contributed by atoms with E-state index in [-0.39, 0.29) is 11.9 Å². The molecule has 0 unspecified atom stereocenters. The molecule has 0 aliphatic carbocycles. The van der Waals surface area contributed by atoms with Gasteiger partial charge in [0.15, 0.2) is 5.82 Å². The molecule has 3 amide bonds. The van der Waals surface area contributed by atoms with Gasteiger partial charge in [-0.3, -0.25) is 9.89 Å². The van der Waals surface area contributed by atoms with Crippen molar-refractivity contribution in [2.24, 2.45) is 0 Å². The van der Waals surface area contributed by atoms with E-state index in [1.165, 1.54) is 0 Å². The summed E-state index contributed by atoms with van der Waals surface area (Å²) in [4.78, 5) is 25.8. The maximum Gasteiger partial charge on any atom is 0.318 e. The highest BCUT2D eigenvalue weighted by Gasteiger charge is 2.29. The molecule has 1 aromatic carbocycles. The zero-order valence-electron chi connectivity index (χ0n) is 13.5. The molecule has 1 aliphatic rings. The molecule has 0 saturated carbocycles. The molecule has 1 aromatic heterocycles. The normalized spacial score (nSPS) is 12.7. The Hall–Kier alpha value is -3.03. The Balaban J connectivity index is 1.70. The molecule has 0 atom stereocenters. The highest BCUT2D eigenvalue weighted by molar-refractivity contribution is 5.96. The van der Waals surface area contributed by atoms with Crippen molar-refractivity contribution in [3.05, 3.63) is 41.1 Å². The van der Waals surface area contributed by atoms with Crippen LogP contribution in [-0.4, -0.2) is 40.7 Å². The Kier molecular flexibility index (Phi) is 4.37. The van der Waals surface area contributed by atoms with E-state index in [1.807, 2.05) is 6.92 Å². The fourth-order valence-electron chi connectivity index (χ4n) is 2.52. The highest BCUT2D eigenvalue weighted by Crippen LogP contribution is 2.27. The molecule has 3 rings (SSSR count). The van der Waals surface area contributed by atoms with Crippen LogP contribution in [0.25, 0.3) is 0 Å². The summed E-state index contributed by atoms with van der Waals surface area (Å²) in [7, 11) is 1.56. The molecule has 0 fully saturated rings. The number of nitrogens with one attached hydrogen (secondary N) is 2. The minimum atomic E-state index is -0.386. The molecule has 1 aliphatic heterocycles. The molecule has 24 heavy (non-hydrogen) atoms. The average Bonchev–Trinajstić information content (AvgIpc) is 3.17. The predicted molar refractivity (Wildman–Crippen MR) is 86.0 cm³/mol. The van der Waals surface area contributed by atoms with Crippen molar-refractivity contribution < 1.29 is 14.3 Å². The van der Waals surface area contributed by atoms with Gasteiger partial charge < -0.3 is 15.0 Å². The number of rotatable bonds is 4. The molecule has 0 saturated heterocycles. The van der Waals surface area contributed by atoms with Gasteiger partial charge in [-0.1, -0.05) is 0 Å². The summed E-state index contributed by atoms with van der Waals surface area (Å²) in [5.41, 5.74) is 2.04. The minimum absolute atomic E-state index is 0.144. The fraction of sp³-hybridized carbons (Fsp3) is 0.312. The van der Waals surface area contributed by atoms with Crippen molar-refractivity contribution in [1.29, 1.82) is 0 Å². The van der Waals surface area contributed by atoms with E-state index in [9.17, 15) is 9.59 Å². The zero-order chi connectivity index (χ0) is 17.1. The Morgan fingerprint density at radius 3 is 2.75 bits per heavy atom. The molecule has 0 bridgehead atoms. The third-order valence-electron chi connectivity index (χ3n) is 3.79. The Bertz CT molecular complexity index is 754. The highest BCUT2D eigenvalue weighted by atomic mass is 16.5. The summed E-state index contributed by atoms with van der Waals surface area (Å²) in [6.07, 6.45) is 0. The number of benzene rings is 1. The number of nitrogens with zero attached hydrogens (tertiary/aromatic N) is 3. The lowest BCUT2D eigenvalue weighted by Gasteiger charge is -2.15. The van der Waals surface area contributed by atoms with Crippen LogP contribution < -0.4 is 15.4 Å². The van der Waals surface area contributed by atoms with Gasteiger partial charge in [-0.15, -0.1) is 0 Å². The molecule has 125 valence electrons. The fourth-order valence-corrected chi connectivity index (χ4v) is 2.52. The van der Waals surface area contributed by atoms with E-state index in [0.29, 0.717) is 36.8 Å². The largest absolute Gasteiger partial charge is 0.497 e. The van der Waals surface area contributed by atoms with Crippen LogP contribution in [-0.2, 0) is 13.1 Å². The van der Waals surface area contributed by atoms with Crippen LogP contribution in [0.5, 0.6) is 5.75 Å². The van der Waals surface area contributed by atoms with Crippen LogP contribution in [0.4, 0.5) is 10.6 Å². The van der Waals surface area contributed by atoms with Gasteiger partial charge in [-0.25, -0.2) is 4.79 Å². The number of urea groups is 1. The third-order valence-corrected chi connectivity index (χ3v) is 3.79. The SMILES string of the molecule is CCNC(=O)N1Cc2[nH]nc([N]C(=O)c3ccc(OC)cc3)c2C1. The summed E-state index contributed by atoms with van der Waals surface area (Å²) in [5.74, 6) is 0.616. The number of H-pyrrole nitrogens is 1. The summed E-state index contributed by atoms with van der Waals surface area (Å²) in [6.45, 7) is 3.24. The van der Waals surface area contributed by atoms with Crippen LogP contribution in [0.2, 0.25) is 0 Å². The lowest BCUT2D eigenvalue weighted by molar-refractivity contribution is 0.0967. The van der Waals surface area contributed by atoms with Gasteiger partial charge in [-0.05, 0) is 31.2 Å². The number of carbonyl (C=O) groups is 2. The van der Waals surface area contributed by atoms with Crippen LogP contribution in [0.15, 0.2) is 24.3 Å². The van der Waals surface area contributed by atoms with Gasteiger partial charge in [0.05, 0.1) is 25.9 Å². The van der Waals surface area contributed by atoms with Gasteiger partial charge in [0.25, 0.3) is 5.91 Å². The third kappa shape index (κ3) is 3.03. The minimum Gasteiger partial charge on any atom is -0.497 e. The topological polar surface area (TPSA) is 101 Å². The van der Waals surface area contributed by atoms with Gasteiger partial charge in [-0.2, -0.15) is 10.4 Å². The molecule has 0 spiro atoms. The van der Waals surface area contributed by atoms with Gasteiger partial charge >= 0.3 is 6.03 Å². The lowest BCUT2D eigenvalue weighted by Crippen LogP contribution is -2.36. The Labute approximate surface area is 139 Å². The first-order valence-corrected chi connectivity index (χ1v) is 7.61. The number of fused-ring (bicyclic) bond motifs is 1. The zero-order valence-corrected chi connectivity index (χ0v) is 13.5. The first-order valence-electron chi connectivity index (χ1n) is 7.61. The number of methoxy groups -OCH3 is 1. The first-order chi connectivity index (χ1) is 11.6. The second-order valence-electron chi connectivity index (χ2n) is 5.34. The molecular formula is C16H18N5O3. The lowest BCUT2D eigenvalue weighted by atomic mass is 10.2. The van der Waals surface area contributed by atoms with Crippen molar-refractivity contribution in [2.45, 2.75) is 20.0 Å². The summed E-state index contributed by atoms with van der Waals surface area (Å²) >= 11 is 0.